The monoisotopic (exact) mass is 226 g/mol. The summed E-state index contributed by atoms with van der Waals surface area (Å²) in [7, 11) is 1.39. The highest BCUT2D eigenvalue weighted by molar-refractivity contribution is 7.99. The zero-order valence-corrected chi connectivity index (χ0v) is 9.87. The largest absolute Gasteiger partial charge is 0.469 e. The summed E-state index contributed by atoms with van der Waals surface area (Å²) in [6.07, 6.45) is 0.386. The van der Waals surface area contributed by atoms with Gasteiger partial charge in [0.2, 0.25) is 0 Å². The number of ether oxygens (including phenoxy) is 1. The number of methoxy groups -OCH3 is 1. The summed E-state index contributed by atoms with van der Waals surface area (Å²) in [5, 5.41) is 8.93. The van der Waals surface area contributed by atoms with Crippen molar-refractivity contribution < 1.29 is 9.53 Å². The van der Waals surface area contributed by atoms with Crippen LogP contribution in [-0.2, 0) is 9.53 Å². The summed E-state index contributed by atoms with van der Waals surface area (Å²) in [5.74, 6) is -0.199. The zero-order chi connectivity index (χ0) is 11.3. The summed E-state index contributed by atoms with van der Waals surface area (Å²) >= 11 is 1.52. The molecule has 1 rings (SSSR count). The fourth-order valence-corrected chi connectivity index (χ4v) is 1.88. The van der Waals surface area contributed by atoms with E-state index in [1.807, 2.05) is 26.0 Å². The van der Waals surface area contributed by atoms with Gasteiger partial charge in [-0.25, -0.2) is 0 Å². The Balaban J connectivity index is 2.47. The van der Waals surface area contributed by atoms with Gasteiger partial charge in [0.1, 0.15) is 5.03 Å². The number of esters is 1. The van der Waals surface area contributed by atoms with Gasteiger partial charge < -0.3 is 4.74 Å². The van der Waals surface area contributed by atoms with E-state index in [0.717, 1.165) is 10.7 Å². The van der Waals surface area contributed by atoms with Crippen LogP contribution in [0.5, 0.6) is 0 Å². The maximum absolute atomic E-state index is 11.0. The van der Waals surface area contributed by atoms with Crippen LogP contribution in [0.25, 0.3) is 0 Å². The van der Waals surface area contributed by atoms with Crippen LogP contribution in [0.4, 0.5) is 0 Å². The van der Waals surface area contributed by atoms with Crippen LogP contribution >= 0.6 is 11.8 Å². The predicted molar refractivity (Wildman–Crippen MR) is 58.7 cm³/mol. The second-order valence-electron chi connectivity index (χ2n) is 3.22. The Hall–Kier alpha value is -1.10. The number of nitrogens with zero attached hydrogens (tertiary/aromatic N) is 2. The first-order chi connectivity index (χ1) is 7.11. The number of hydrogen-bond donors (Lipinski definition) is 0. The van der Waals surface area contributed by atoms with Gasteiger partial charge in [-0.2, -0.15) is 5.10 Å². The van der Waals surface area contributed by atoms with E-state index in [1.54, 1.807) is 0 Å². The first-order valence-electron chi connectivity index (χ1n) is 4.65. The van der Waals surface area contributed by atoms with Crippen LogP contribution in [0.1, 0.15) is 19.0 Å². The van der Waals surface area contributed by atoms with Crippen molar-refractivity contribution in [1.82, 2.24) is 10.2 Å². The first-order valence-corrected chi connectivity index (χ1v) is 5.53. The first kappa shape index (κ1) is 12.0. The van der Waals surface area contributed by atoms with E-state index < -0.39 is 0 Å². The number of hydrogen-bond acceptors (Lipinski definition) is 5. The molecule has 0 amide bonds. The third kappa shape index (κ3) is 4.29. The molecule has 5 heteroatoms. The Morgan fingerprint density at radius 1 is 1.53 bits per heavy atom. The van der Waals surface area contributed by atoms with Crippen LogP contribution < -0.4 is 0 Å². The normalized spacial score (nSPS) is 12.2. The van der Waals surface area contributed by atoms with Crippen LogP contribution in [0.3, 0.4) is 0 Å². The smallest absolute Gasteiger partial charge is 0.306 e. The van der Waals surface area contributed by atoms with E-state index in [4.69, 9.17) is 0 Å². The molecule has 0 aliphatic heterocycles. The molecule has 1 aromatic heterocycles. The molecule has 0 spiro atoms. The Labute approximate surface area is 93.4 Å². The molecule has 0 bridgehead atoms. The molecule has 15 heavy (non-hydrogen) atoms. The molecule has 1 aromatic rings. The Morgan fingerprint density at radius 3 is 2.80 bits per heavy atom. The summed E-state index contributed by atoms with van der Waals surface area (Å²) in [4.78, 5) is 11.0. The number of rotatable bonds is 4. The predicted octanol–water partition coefficient (Wildman–Crippen LogP) is 1.83. The van der Waals surface area contributed by atoms with Gasteiger partial charge >= 0.3 is 5.97 Å². The molecule has 0 aromatic carbocycles. The van der Waals surface area contributed by atoms with E-state index in [9.17, 15) is 4.79 Å². The highest BCUT2D eigenvalue weighted by atomic mass is 32.2. The molecular weight excluding hydrogens is 212 g/mol. The van der Waals surface area contributed by atoms with E-state index in [-0.39, 0.29) is 11.2 Å². The molecule has 1 heterocycles. The topological polar surface area (TPSA) is 52.1 Å². The Morgan fingerprint density at radius 2 is 2.27 bits per heavy atom. The summed E-state index contributed by atoms with van der Waals surface area (Å²) < 4.78 is 4.59. The molecule has 1 unspecified atom stereocenters. The fourth-order valence-electron chi connectivity index (χ4n) is 1.02. The molecule has 0 radical (unpaired) electrons. The minimum Gasteiger partial charge on any atom is -0.469 e. The molecule has 4 nitrogen and oxygen atoms in total. The van der Waals surface area contributed by atoms with Gasteiger partial charge in [0.15, 0.2) is 0 Å². The highest BCUT2D eigenvalue weighted by Crippen LogP contribution is 2.22. The van der Waals surface area contributed by atoms with Crippen LogP contribution in [0.2, 0.25) is 0 Å². The van der Waals surface area contributed by atoms with Crippen LogP contribution in [-0.4, -0.2) is 28.5 Å². The van der Waals surface area contributed by atoms with Gasteiger partial charge in [0.25, 0.3) is 0 Å². The minimum absolute atomic E-state index is 0.148. The highest BCUT2D eigenvalue weighted by Gasteiger charge is 2.11. The zero-order valence-electron chi connectivity index (χ0n) is 9.06. The van der Waals surface area contributed by atoms with Gasteiger partial charge in [-0.05, 0) is 19.1 Å². The summed E-state index contributed by atoms with van der Waals surface area (Å²) in [6, 6.07) is 3.81. The van der Waals surface area contributed by atoms with E-state index in [0.29, 0.717) is 6.42 Å². The second kappa shape index (κ2) is 5.70. The Kier molecular flexibility index (Phi) is 4.55. The van der Waals surface area contributed by atoms with Gasteiger partial charge in [0, 0.05) is 5.25 Å². The molecule has 0 aliphatic carbocycles. The molecule has 0 N–H and O–H groups in total. The van der Waals surface area contributed by atoms with E-state index in [1.165, 1.54) is 18.9 Å². The molecule has 0 saturated heterocycles. The lowest BCUT2D eigenvalue weighted by molar-refractivity contribution is -0.140. The van der Waals surface area contributed by atoms with Crippen molar-refractivity contribution in [2.24, 2.45) is 0 Å². The number of carbonyl (C=O) groups excluding carboxylic acids is 1. The van der Waals surface area contributed by atoms with Crippen molar-refractivity contribution in [2.45, 2.75) is 30.5 Å². The number of aromatic nitrogens is 2. The van der Waals surface area contributed by atoms with Crippen molar-refractivity contribution in [2.75, 3.05) is 7.11 Å². The quantitative estimate of drug-likeness (QED) is 0.579. The lowest BCUT2D eigenvalue weighted by Gasteiger charge is -2.08. The van der Waals surface area contributed by atoms with Crippen molar-refractivity contribution >= 4 is 17.7 Å². The SMILES string of the molecule is COC(=O)CC(C)Sc1ccc(C)nn1. The summed E-state index contributed by atoms with van der Waals surface area (Å²) in [6.45, 7) is 3.85. The number of aryl methyl sites for hydroxylation is 1. The average molecular weight is 226 g/mol. The number of carbonyl (C=O) groups is 1. The fraction of sp³-hybridized carbons (Fsp3) is 0.500. The van der Waals surface area contributed by atoms with Crippen LogP contribution in [0, 0.1) is 6.92 Å². The minimum atomic E-state index is -0.199. The van der Waals surface area contributed by atoms with Crippen molar-refractivity contribution in [3.63, 3.8) is 0 Å². The molecule has 1 atom stereocenters. The third-order valence-electron chi connectivity index (χ3n) is 1.78. The lowest BCUT2D eigenvalue weighted by Crippen LogP contribution is -2.08. The second-order valence-corrected chi connectivity index (χ2v) is 4.68. The maximum atomic E-state index is 11.0. The summed E-state index contributed by atoms with van der Waals surface area (Å²) in [5.41, 5.74) is 0.889. The standard InChI is InChI=1S/C10H14N2O2S/c1-7-4-5-9(12-11-7)15-8(2)6-10(13)14-3/h4-5,8H,6H2,1-3H3. The van der Waals surface area contributed by atoms with Crippen molar-refractivity contribution in [1.29, 1.82) is 0 Å². The molecule has 82 valence electrons. The molecular formula is C10H14N2O2S. The van der Waals surface area contributed by atoms with E-state index >= 15 is 0 Å². The van der Waals surface area contributed by atoms with Gasteiger partial charge in [0.05, 0.1) is 19.2 Å². The molecule has 0 fully saturated rings. The van der Waals surface area contributed by atoms with E-state index in [2.05, 4.69) is 14.9 Å². The van der Waals surface area contributed by atoms with Gasteiger partial charge in [-0.3, -0.25) is 4.79 Å². The third-order valence-corrected chi connectivity index (χ3v) is 2.81. The number of thioether (sulfide) groups is 1. The van der Waals surface area contributed by atoms with Crippen LogP contribution in [0.15, 0.2) is 17.2 Å². The molecule has 0 saturated carbocycles. The average Bonchev–Trinajstić information content (AvgIpc) is 2.21. The van der Waals surface area contributed by atoms with Gasteiger partial charge in [-0.15, -0.1) is 16.9 Å². The van der Waals surface area contributed by atoms with Crippen molar-refractivity contribution in [3.8, 4) is 0 Å². The van der Waals surface area contributed by atoms with Gasteiger partial charge in [-0.1, -0.05) is 6.92 Å². The Bertz CT molecular complexity index is 327. The lowest BCUT2D eigenvalue weighted by atomic mass is 10.3. The maximum Gasteiger partial charge on any atom is 0.306 e. The van der Waals surface area contributed by atoms with Crippen molar-refractivity contribution in [3.05, 3.63) is 17.8 Å². The molecule has 0 aliphatic rings.